The largest absolute Gasteiger partial charge is 0.352 e. The van der Waals surface area contributed by atoms with Crippen LogP contribution in [0.3, 0.4) is 0 Å². The average molecular weight is 243 g/mol. The number of rotatable bonds is 5. The summed E-state index contributed by atoms with van der Waals surface area (Å²) in [7, 11) is 0. The van der Waals surface area contributed by atoms with Gasteiger partial charge in [0.05, 0.1) is 5.69 Å². The summed E-state index contributed by atoms with van der Waals surface area (Å²) in [5.74, 6) is 2.29. The minimum Gasteiger partial charge on any atom is -0.352 e. The van der Waals surface area contributed by atoms with Crippen molar-refractivity contribution in [3.8, 4) is 5.69 Å². The zero-order valence-electron chi connectivity index (χ0n) is 10.5. The Hall–Kier alpha value is -1.91. The lowest BCUT2D eigenvalue weighted by Gasteiger charge is -2.11. The van der Waals surface area contributed by atoms with Crippen LogP contribution in [0.25, 0.3) is 5.69 Å². The SMILES string of the molecule is CC(CNc1nnnn1-c1ccccc1)C1CC1. The number of tetrazole rings is 1. The summed E-state index contributed by atoms with van der Waals surface area (Å²) in [6.45, 7) is 3.21. The van der Waals surface area contributed by atoms with Crippen molar-refractivity contribution in [2.45, 2.75) is 19.8 Å². The summed E-state index contributed by atoms with van der Waals surface area (Å²) in [6, 6.07) is 9.93. The number of para-hydroxylation sites is 1. The molecule has 1 aliphatic rings. The summed E-state index contributed by atoms with van der Waals surface area (Å²) in [4.78, 5) is 0. The first-order valence-electron chi connectivity index (χ1n) is 6.42. The maximum Gasteiger partial charge on any atom is 0.247 e. The van der Waals surface area contributed by atoms with Crippen molar-refractivity contribution >= 4 is 5.95 Å². The molecule has 0 spiro atoms. The minimum atomic E-state index is 0.686. The summed E-state index contributed by atoms with van der Waals surface area (Å²) in [6.07, 6.45) is 2.74. The molecule has 1 aliphatic carbocycles. The molecule has 5 heteroatoms. The Kier molecular flexibility index (Phi) is 2.96. The van der Waals surface area contributed by atoms with E-state index in [2.05, 4.69) is 27.8 Å². The number of nitrogens with zero attached hydrogens (tertiary/aromatic N) is 4. The van der Waals surface area contributed by atoms with E-state index in [0.29, 0.717) is 11.9 Å². The second-order valence-corrected chi connectivity index (χ2v) is 4.95. The van der Waals surface area contributed by atoms with E-state index in [1.807, 2.05) is 30.3 Å². The molecule has 3 rings (SSSR count). The maximum absolute atomic E-state index is 4.04. The van der Waals surface area contributed by atoms with Gasteiger partial charge in [-0.3, -0.25) is 0 Å². The molecular formula is C13H17N5. The molecule has 1 fully saturated rings. The molecule has 1 aromatic carbocycles. The lowest BCUT2D eigenvalue weighted by atomic mass is 10.1. The van der Waals surface area contributed by atoms with Crippen molar-refractivity contribution < 1.29 is 0 Å². The fourth-order valence-electron chi connectivity index (χ4n) is 2.12. The van der Waals surface area contributed by atoms with Crippen LogP contribution in [0.5, 0.6) is 0 Å². The van der Waals surface area contributed by atoms with E-state index in [1.165, 1.54) is 12.8 Å². The molecule has 0 amide bonds. The Bertz CT molecular complexity index is 503. The molecule has 94 valence electrons. The molecule has 1 saturated carbocycles. The van der Waals surface area contributed by atoms with Gasteiger partial charge in [0.1, 0.15) is 0 Å². The summed E-state index contributed by atoms with van der Waals surface area (Å²) >= 11 is 0. The lowest BCUT2D eigenvalue weighted by molar-refractivity contribution is 0.534. The van der Waals surface area contributed by atoms with Crippen LogP contribution in [0, 0.1) is 11.8 Å². The molecule has 1 atom stereocenters. The molecule has 18 heavy (non-hydrogen) atoms. The van der Waals surface area contributed by atoms with Gasteiger partial charge in [-0.1, -0.05) is 30.2 Å². The Morgan fingerprint density at radius 1 is 1.33 bits per heavy atom. The quantitative estimate of drug-likeness (QED) is 0.874. The number of nitrogens with one attached hydrogen (secondary N) is 1. The van der Waals surface area contributed by atoms with Gasteiger partial charge in [-0.2, -0.15) is 4.68 Å². The van der Waals surface area contributed by atoms with Crippen LogP contribution in [-0.2, 0) is 0 Å². The van der Waals surface area contributed by atoms with Gasteiger partial charge in [0.25, 0.3) is 0 Å². The minimum absolute atomic E-state index is 0.686. The van der Waals surface area contributed by atoms with Gasteiger partial charge in [-0.05, 0) is 47.2 Å². The highest BCUT2D eigenvalue weighted by atomic mass is 15.6. The van der Waals surface area contributed by atoms with Crippen LogP contribution in [-0.4, -0.2) is 26.8 Å². The van der Waals surface area contributed by atoms with Crippen LogP contribution in [0.1, 0.15) is 19.8 Å². The average Bonchev–Trinajstić information content (AvgIpc) is 3.16. The van der Waals surface area contributed by atoms with E-state index >= 15 is 0 Å². The smallest absolute Gasteiger partial charge is 0.247 e. The van der Waals surface area contributed by atoms with Crippen molar-refractivity contribution in [2.24, 2.45) is 11.8 Å². The van der Waals surface area contributed by atoms with Gasteiger partial charge in [0.2, 0.25) is 5.95 Å². The second kappa shape index (κ2) is 4.76. The van der Waals surface area contributed by atoms with Gasteiger partial charge in [-0.25, -0.2) is 0 Å². The Morgan fingerprint density at radius 2 is 2.11 bits per heavy atom. The molecule has 0 radical (unpaired) electrons. The normalized spacial score (nSPS) is 16.5. The van der Waals surface area contributed by atoms with Crippen LogP contribution in [0.4, 0.5) is 5.95 Å². The highest BCUT2D eigenvalue weighted by Gasteiger charge is 2.27. The Labute approximate surface area is 106 Å². The van der Waals surface area contributed by atoms with Crippen molar-refractivity contribution in [1.29, 1.82) is 0 Å². The standard InChI is InChI=1S/C13H17N5/c1-10(11-7-8-11)9-14-13-15-16-17-18(13)12-5-3-2-4-6-12/h2-6,10-11H,7-9H2,1H3,(H,14,15,17). The topological polar surface area (TPSA) is 55.6 Å². The van der Waals surface area contributed by atoms with Gasteiger partial charge in [0.15, 0.2) is 0 Å². The Balaban J connectivity index is 1.71. The first kappa shape index (κ1) is 11.2. The molecule has 1 heterocycles. The first-order valence-corrected chi connectivity index (χ1v) is 6.42. The van der Waals surface area contributed by atoms with Crippen molar-refractivity contribution in [1.82, 2.24) is 20.2 Å². The molecule has 1 N–H and O–H groups in total. The van der Waals surface area contributed by atoms with Crippen LogP contribution in [0.2, 0.25) is 0 Å². The van der Waals surface area contributed by atoms with Crippen LogP contribution >= 0.6 is 0 Å². The summed E-state index contributed by atoms with van der Waals surface area (Å²) in [5, 5.41) is 15.1. The third kappa shape index (κ3) is 2.34. The first-order chi connectivity index (χ1) is 8.84. The van der Waals surface area contributed by atoms with Gasteiger partial charge < -0.3 is 5.32 Å². The molecule has 1 unspecified atom stereocenters. The zero-order chi connectivity index (χ0) is 12.4. The van der Waals surface area contributed by atoms with E-state index in [-0.39, 0.29) is 0 Å². The second-order valence-electron chi connectivity index (χ2n) is 4.95. The molecule has 1 aromatic heterocycles. The van der Waals surface area contributed by atoms with Gasteiger partial charge >= 0.3 is 0 Å². The van der Waals surface area contributed by atoms with E-state index in [0.717, 1.165) is 18.2 Å². The van der Waals surface area contributed by atoms with Crippen molar-refractivity contribution in [2.75, 3.05) is 11.9 Å². The number of aromatic nitrogens is 4. The number of anilines is 1. The Morgan fingerprint density at radius 3 is 2.83 bits per heavy atom. The van der Waals surface area contributed by atoms with Crippen molar-refractivity contribution in [3.63, 3.8) is 0 Å². The zero-order valence-corrected chi connectivity index (χ0v) is 10.5. The van der Waals surface area contributed by atoms with E-state index in [9.17, 15) is 0 Å². The third-order valence-electron chi connectivity index (χ3n) is 3.48. The number of hydrogen-bond acceptors (Lipinski definition) is 4. The fraction of sp³-hybridized carbons (Fsp3) is 0.462. The third-order valence-corrected chi connectivity index (χ3v) is 3.48. The molecule has 0 aliphatic heterocycles. The fourth-order valence-corrected chi connectivity index (χ4v) is 2.12. The molecule has 2 aromatic rings. The molecule has 5 nitrogen and oxygen atoms in total. The van der Waals surface area contributed by atoms with E-state index in [1.54, 1.807) is 4.68 Å². The summed E-state index contributed by atoms with van der Waals surface area (Å²) < 4.78 is 1.74. The van der Waals surface area contributed by atoms with Gasteiger partial charge in [-0.15, -0.1) is 0 Å². The molecule has 0 bridgehead atoms. The predicted molar refractivity (Wildman–Crippen MR) is 69.5 cm³/mol. The monoisotopic (exact) mass is 243 g/mol. The molecule has 0 saturated heterocycles. The van der Waals surface area contributed by atoms with Crippen LogP contribution < -0.4 is 5.32 Å². The lowest BCUT2D eigenvalue weighted by Crippen LogP contribution is -2.16. The predicted octanol–water partition coefficient (Wildman–Crippen LogP) is 2.12. The van der Waals surface area contributed by atoms with E-state index < -0.39 is 0 Å². The highest BCUT2D eigenvalue weighted by Crippen LogP contribution is 2.36. The van der Waals surface area contributed by atoms with E-state index in [4.69, 9.17) is 0 Å². The number of hydrogen-bond donors (Lipinski definition) is 1. The summed E-state index contributed by atoms with van der Waals surface area (Å²) in [5.41, 5.74) is 0.976. The van der Waals surface area contributed by atoms with Gasteiger partial charge in [0, 0.05) is 6.54 Å². The van der Waals surface area contributed by atoms with Crippen molar-refractivity contribution in [3.05, 3.63) is 30.3 Å². The maximum atomic E-state index is 4.04. The molecular weight excluding hydrogens is 226 g/mol. The number of benzene rings is 1. The highest BCUT2D eigenvalue weighted by molar-refractivity contribution is 5.38. The van der Waals surface area contributed by atoms with Crippen LogP contribution in [0.15, 0.2) is 30.3 Å².